The van der Waals surface area contributed by atoms with E-state index < -0.39 is 12.1 Å². The van der Waals surface area contributed by atoms with Gasteiger partial charge in [0.05, 0.1) is 5.56 Å². The average Bonchev–Trinajstić information content (AvgIpc) is 2.49. The van der Waals surface area contributed by atoms with Crippen LogP contribution in [0.15, 0.2) is 42.5 Å². The normalized spacial score (nSPS) is 11.6. The second-order valence-electron chi connectivity index (χ2n) is 5.04. The SMILES string of the molecule is Cc1ccc(C(=O)O)cc1NC(=O)C(C)Oc1cccc(Cl)c1. The summed E-state index contributed by atoms with van der Waals surface area (Å²) < 4.78 is 5.53. The van der Waals surface area contributed by atoms with Gasteiger partial charge in [0.25, 0.3) is 5.91 Å². The van der Waals surface area contributed by atoms with Gasteiger partial charge in [-0.25, -0.2) is 4.79 Å². The number of carbonyl (C=O) groups is 2. The molecular weight excluding hydrogens is 318 g/mol. The lowest BCUT2D eigenvalue weighted by atomic mass is 10.1. The molecule has 0 spiro atoms. The highest BCUT2D eigenvalue weighted by atomic mass is 35.5. The van der Waals surface area contributed by atoms with E-state index in [1.165, 1.54) is 12.1 Å². The van der Waals surface area contributed by atoms with E-state index in [0.717, 1.165) is 5.56 Å². The van der Waals surface area contributed by atoms with Gasteiger partial charge >= 0.3 is 5.97 Å². The lowest BCUT2D eigenvalue weighted by Gasteiger charge is -2.16. The van der Waals surface area contributed by atoms with Crippen molar-refractivity contribution in [2.75, 3.05) is 5.32 Å². The number of carboxylic acids is 1. The van der Waals surface area contributed by atoms with Gasteiger partial charge in [-0.15, -0.1) is 0 Å². The molecule has 0 aliphatic rings. The second-order valence-corrected chi connectivity index (χ2v) is 5.48. The second kappa shape index (κ2) is 7.15. The fourth-order valence-electron chi connectivity index (χ4n) is 1.92. The van der Waals surface area contributed by atoms with Crippen LogP contribution >= 0.6 is 11.6 Å². The van der Waals surface area contributed by atoms with Crippen molar-refractivity contribution in [3.05, 3.63) is 58.6 Å². The van der Waals surface area contributed by atoms with Gasteiger partial charge in [-0.1, -0.05) is 23.7 Å². The van der Waals surface area contributed by atoms with Crippen LogP contribution in [0.2, 0.25) is 5.02 Å². The molecule has 0 radical (unpaired) electrons. The Hall–Kier alpha value is -2.53. The zero-order valence-corrected chi connectivity index (χ0v) is 13.4. The van der Waals surface area contributed by atoms with Crippen molar-refractivity contribution in [1.82, 2.24) is 0 Å². The van der Waals surface area contributed by atoms with Crippen molar-refractivity contribution in [1.29, 1.82) is 0 Å². The van der Waals surface area contributed by atoms with Gasteiger partial charge < -0.3 is 15.2 Å². The van der Waals surface area contributed by atoms with Crippen molar-refractivity contribution in [2.24, 2.45) is 0 Å². The standard InChI is InChI=1S/C17H16ClNO4/c1-10-6-7-12(17(21)22)8-15(10)19-16(20)11(2)23-14-5-3-4-13(18)9-14/h3-9,11H,1-2H3,(H,19,20)(H,21,22). The first-order chi connectivity index (χ1) is 10.9. The van der Waals surface area contributed by atoms with Crippen molar-refractivity contribution in [3.63, 3.8) is 0 Å². The van der Waals surface area contributed by atoms with Crippen molar-refractivity contribution >= 4 is 29.2 Å². The van der Waals surface area contributed by atoms with E-state index in [4.69, 9.17) is 21.4 Å². The minimum atomic E-state index is -1.05. The van der Waals surface area contributed by atoms with E-state index in [2.05, 4.69) is 5.32 Å². The number of hydrogen-bond acceptors (Lipinski definition) is 3. The van der Waals surface area contributed by atoms with E-state index >= 15 is 0 Å². The molecule has 5 nitrogen and oxygen atoms in total. The molecule has 2 aromatic rings. The number of anilines is 1. The maximum Gasteiger partial charge on any atom is 0.335 e. The van der Waals surface area contributed by atoms with Crippen LogP contribution in [0.4, 0.5) is 5.69 Å². The highest BCUT2D eigenvalue weighted by molar-refractivity contribution is 6.30. The van der Waals surface area contributed by atoms with E-state index in [9.17, 15) is 9.59 Å². The molecule has 0 saturated heterocycles. The number of halogens is 1. The molecule has 2 rings (SSSR count). The smallest absolute Gasteiger partial charge is 0.335 e. The first-order valence-corrected chi connectivity index (χ1v) is 7.31. The maximum atomic E-state index is 12.2. The predicted molar refractivity (Wildman–Crippen MR) is 88.3 cm³/mol. The first-order valence-electron chi connectivity index (χ1n) is 6.94. The third-order valence-corrected chi connectivity index (χ3v) is 3.46. The number of benzene rings is 2. The molecule has 0 aromatic heterocycles. The monoisotopic (exact) mass is 333 g/mol. The summed E-state index contributed by atoms with van der Waals surface area (Å²) >= 11 is 5.87. The highest BCUT2D eigenvalue weighted by Crippen LogP contribution is 2.20. The van der Waals surface area contributed by atoms with Crippen LogP contribution in [-0.4, -0.2) is 23.1 Å². The lowest BCUT2D eigenvalue weighted by molar-refractivity contribution is -0.122. The number of hydrogen-bond donors (Lipinski definition) is 2. The lowest BCUT2D eigenvalue weighted by Crippen LogP contribution is -2.30. The Morgan fingerprint density at radius 3 is 2.61 bits per heavy atom. The average molecular weight is 334 g/mol. The third kappa shape index (κ3) is 4.47. The number of ether oxygens (including phenoxy) is 1. The number of rotatable bonds is 5. The molecule has 6 heteroatoms. The summed E-state index contributed by atoms with van der Waals surface area (Å²) in [5.74, 6) is -0.949. The highest BCUT2D eigenvalue weighted by Gasteiger charge is 2.17. The van der Waals surface area contributed by atoms with Crippen molar-refractivity contribution < 1.29 is 19.4 Å². The largest absolute Gasteiger partial charge is 0.481 e. The zero-order chi connectivity index (χ0) is 17.0. The Labute approximate surface area is 138 Å². The number of carbonyl (C=O) groups excluding carboxylic acids is 1. The summed E-state index contributed by atoms with van der Waals surface area (Å²) in [6.45, 7) is 3.39. The van der Waals surface area contributed by atoms with Gasteiger partial charge in [-0.3, -0.25) is 4.79 Å². The zero-order valence-electron chi connectivity index (χ0n) is 12.7. The summed E-state index contributed by atoms with van der Waals surface area (Å²) in [7, 11) is 0. The summed E-state index contributed by atoms with van der Waals surface area (Å²) in [5, 5.41) is 12.2. The number of carboxylic acid groups (broad SMARTS) is 1. The maximum absolute atomic E-state index is 12.2. The Kier molecular flexibility index (Phi) is 5.24. The van der Waals surface area contributed by atoms with Crippen LogP contribution in [-0.2, 0) is 4.79 Å². The van der Waals surface area contributed by atoms with Gasteiger partial charge in [0.15, 0.2) is 6.10 Å². The number of aromatic carboxylic acids is 1. The van der Waals surface area contributed by atoms with Gasteiger partial charge in [0.1, 0.15) is 5.75 Å². The number of amides is 1. The van der Waals surface area contributed by atoms with Crippen LogP contribution in [0.3, 0.4) is 0 Å². The predicted octanol–water partition coefficient (Wildman–Crippen LogP) is 3.75. The van der Waals surface area contributed by atoms with Crippen LogP contribution in [0.25, 0.3) is 0 Å². The number of nitrogens with one attached hydrogen (secondary N) is 1. The minimum Gasteiger partial charge on any atom is -0.481 e. The van der Waals surface area contributed by atoms with Gasteiger partial charge in [-0.2, -0.15) is 0 Å². The summed E-state index contributed by atoms with van der Waals surface area (Å²) in [6.07, 6.45) is -0.763. The van der Waals surface area contributed by atoms with Gasteiger partial charge in [0.2, 0.25) is 0 Å². The van der Waals surface area contributed by atoms with Crippen molar-refractivity contribution in [3.8, 4) is 5.75 Å². The molecule has 1 amide bonds. The Balaban J connectivity index is 2.09. The fraction of sp³-hybridized carbons (Fsp3) is 0.176. The quantitative estimate of drug-likeness (QED) is 0.873. The molecule has 23 heavy (non-hydrogen) atoms. The molecule has 120 valence electrons. The molecule has 1 atom stereocenters. The molecule has 2 aromatic carbocycles. The summed E-state index contributed by atoms with van der Waals surface area (Å²) in [5.41, 5.74) is 1.31. The molecular formula is C17H16ClNO4. The molecule has 1 unspecified atom stereocenters. The topological polar surface area (TPSA) is 75.6 Å². The van der Waals surface area contributed by atoms with E-state index in [-0.39, 0.29) is 11.5 Å². The van der Waals surface area contributed by atoms with Crippen LogP contribution in [0.1, 0.15) is 22.8 Å². The van der Waals surface area contributed by atoms with Crippen molar-refractivity contribution in [2.45, 2.75) is 20.0 Å². The van der Waals surface area contributed by atoms with Gasteiger partial charge in [-0.05, 0) is 49.7 Å². The van der Waals surface area contributed by atoms with Crippen LogP contribution in [0, 0.1) is 6.92 Å². The Bertz CT molecular complexity index is 745. The summed E-state index contributed by atoms with van der Waals surface area (Å²) in [6, 6.07) is 11.3. The minimum absolute atomic E-state index is 0.106. The number of aryl methyl sites for hydroxylation is 1. The Morgan fingerprint density at radius 1 is 1.22 bits per heavy atom. The van der Waals surface area contributed by atoms with E-state index in [0.29, 0.717) is 16.5 Å². The van der Waals surface area contributed by atoms with Crippen LogP contribution < -0.4 is 10.1 Å². The molecule has 0 saturated carbocycles. The Morgan fingerprint density at radius 2 is 1.96 bits per heavy atom. The molecule has 0 bridgehead atoms. The van der Waals surface area contributed by atoms with E-state index in [1.54, 1.807) is 44.2 Å². The van der Waals surface area contributed by atoms with E-state index in [1.807, 2.05) is 0 Å². The third-order valence-electron chi connectivity index (χ3n) is 3.22. The molecule has 0 fully saturated rings. The summed E-state index contributed by atoms with van der Waals surface area (Å²) in [4.78, 5) is 23.2. The van der Waals surface area contributed by atoms with Gasteiger partial charge in [0, 0.05) is 10.7 Å². The first kappa shape index (κ1) is 16.8. The molecule has 0 heterocycles. The fourth-order valence-corrected chi connectivity index (χ4v) is 2.10. The molecule has 2 N–H and O–H groups in total. The molecule has 0 aliphatic heterocycles. The van der Waals surface area contributed by atoms with Crippen LogP contribution in [0.5, 0.6) is 5.75 Å². The molecule has 0 aliphatic carbocycles.